The van der Waals surface area contributed by atoms with Gasteiger partial charge in [0, 0.05) is 5.56 Å². The van der Waals surface area contributed by atoms with Crippen molar-refractivity contribution in [3.05, 3.63) is 66.2 Å². The van der Waals surface area contributed by atoms with Crippen molar-refractivity contribution >= 4 is 23.3 Å². The van der Waals surface area contributed by atoms with Crippen LogP contribution in [-0.4, -0.2) is 12.2 Å². The molecule has 2 nitrogen and oxygen atoms in total. The predicted molar refractivity (Wildman–Crippen MR) is 76.0 cm³/mol. The van der Waals surface area contributed by atoms with Crippen molar-refractivity contribution in [2.75, 3.05) is 0 Å². The average Bonchev–Trinajstić information content (AvgIpc) is 2.48. The molecule has 0 bridgehead atoms. The summed E-state index contributed by atoms with van der Waals surface area (Å²) in [4.78, 5) is 4.15. The molecular formula is C15H10ClF3N2. The normalized spacial score (nSPS) is 13.9. The lowest BCUT2D eigenvalue weighted by molar-refractivity contribution is -0.162. The summed E-state index contributed by atoms with van der Waals surface area (Å²) in [5.41, 5.74) is 0.255. The Hall–Kier alpha value is -2.10. The van der Waals surface area contributed by atoms with Crippen LogP contribution in [0.15, 0.2) is 70.6 Å². The van der Waals surface area contributed by atoms with E-state index in [0.717, 1.165) is 0 Å². The molecule has 0 aliphatic rings. The Balaban J connectivity index is 2.41. The van der Waals surface area contributed by atoms with Crippen LogP contribution in [0.4, 0.5) is 18.9 Å². The van der Waals surface area contributed by atoms with Gasteiger partial charge in [-0.3, -0.25) is 0 Å². The van der Waals surface area contributed by atoms with Gasteiger partial charge in [-0.25, -0.2) is 0 Å². The van der Waals surface area contributed by atoms with Crippen LogP contribution in [0.5, 0.6) is 0 Å². The maximum absolute atomic E-state index is 13.2. The lowest BCUT2D eigenvalue weighted by Crippen LogP contribution is -2.35. The van der Waals surface area contributed by atoms with E-state index in [2.05, 4.69) is 9.98 Å². The van der Waals surface area contributed by atoms with E-state index in [-0.39, 0.29) is 5.56 Å². The molecule has 2 aromatic rings. The predicted octanol–water partition coefficient (Wildman–Crippen LogP) is 5.15. The molecule has 108 valence electrons. The maximum Gasteiger partial charge on any atom is 0.432 e. The third-order valence-electron chi connectivity index (χ3n) is 2.67. The Morgan fingerprint density at radius 1 is 0.857 bits per heavy atom. The Kier molecular flexibility index (Phi) is 4.46. The van der Waals surface area contributed by atoms with E-state index in [0.29, 0.717) is 5.69 Å². The minimum absolute atomic E-state index is 0.185. The van der Waals surface area contributed by atoms with Crippen LogP contribution < -0.4 is 0 Å². The summed E-state index contributed by atoms with van der Waals surface area (Å²) in [7, 11) is 0. The van der Waals surface area contributed by atoms with Crippen LogP contribution in [0, 0.1) is 0 Å². The second-order valence-corrected chi connectivity index (χ2v) is 4.69. The number of halogens is 4. The molecular weight excluding hydrogens is 301 g/mol. The van der Waals surface area contributed by atoms with Gasteiger partial charge in [-0.2, -0.15) is 23.2 Å². The van der Waals surface area contributed by atoms with Crippen LogP contribution >= 0.6 is 11.6 Å². The fourth-order valence-electron chi connectivity index (χ4n) is 1.60. The van der Waals surface area contributed by atoms with Crippen molar-refractivity contribution in [1.82, 2.24) is 0 Å². The molecule has 6 heteroatoms. The molecule has 0 N–H and O–H groups in total. The van der Waals surface area contributed by atoms with Crippen molar-refractivity contribution in [3.8, 4) is 0 Å². The van der Waals surface area contributed by atoms with Gasteiger partial charge < -0.3 is 0 Å². The molecule has 0 saturated heterocycles. The molecule has 0 heterocycles. The Labute approximate surface area is 124 Å². The highest BCUT2D eigenvalue weighted by Gasteiger charge is 2.55. The first-order valence-corrected chi connectivity index (χ1v) is 6.35. The van der Waals surface area contributed by atoms with Crippen molar-refractivity contribution in [2.24, 2.45) is 9.98 Å². The van der Waals surface area contributed by atoms with Gasteiger partial charge in [0.15, 0.2) is 0 Å². The van der Waals surface area contributed by atoms with E-state index in [1.165, 1.54) is 24.3 Å². The van der Waals surface area contributed by atoms with Crippen LogP contribution in [0.1, 0.15) is 5.56 Å². The molecule has 0 amide bonds. The zero-order chi connectivity index (χ0) is 15.3. The van der Waals surface area contributed by atoms with Gasteiger partial charge in [0.25, 0.3) is 5.00 Å². The number of hydrogen-bond donors (Lipinski definition) is 0. The highest BCUT2D eigenvalue weighted by Crippen LogP contribution is 2.45. The van der Waals surface area contributed by atoms with Crippen molar-refractivity contribution in [3.63, 3.8) is 0 Å². The number of benzene rings is 2. The first-order chi connectivity index (χ1) is 9.93. The van der Waals surface area contributed by atoms with Crippen molar-refractivity contribution < 1.29 is 13.2 Å². The molecule has 0 saturated carbocycles. The third-order valence-corrected chi connectivity index (χ3v) is 3.19. The van der Waals surface area contributed by atoms with Crippen LogP contribution in [0.3, 0.4) is 0 Å². The molecule has 21 heavy (non-hydrogen) atoms. The molecule has 2 aromatic carbocycles. The van der Waals surface area contributed by atoms with Gasteiger partial charge in [0.2, 0.25) is 0 Å². The van der Waals surface area contributed by atoms with E-state index >= 15 is 0 Å². The molecule has 0 aliphatic heterocycles. The second-order valence-electron chi connectivity index (χ2n) is 4.15. The van der Waals surface area contributed by atoms with Gasteiger partial charge in [-0.15, -0.1) is 0 Å². The van der Waals surface area contributed by atoms with Crippen LogP contribution in [-0.2, 0) is 5.00 Å². The minimum Gasteiger partial charge on any atom is -0.188 e. The number of para-hydroxylation sites is 1. The highest BCUT2D eigenvalue weighted by molar-refractivity contribution is 6.24. The first kappa shape index (κ1) is 15.3. The summed E-state index contributed by atoms with van der Waals surface area (Å²) >= 11 is 5.69. The Morgan fingerprint density at radius 2 is 1.38 bits per heavy atom. The fourth-order valence-corrected chi connectivity index (χ4v) is 1.77. The van der Waals surface area contributed by atoms with Gasteiger partial charge >= 0.3 is 6.18 Å². The SMILES string of the molecule is FC(F)(F)C(Cl)(N=C=Nc1ccccc1)c1ccccc1. The lowest BCUT2D eigenvalue weighted by atomic mass is 10.1. The number of nitrogens with zero attached hydrogens (tertiary/aromatic N) is 2. The Bertz CT molecular complexity index is 650. The average molecular weight is 311 g/mol. The van der Waals surface area contributed by atoms with Crippen LogP contribution in [0.25, 0.3) is 0 Å². The highest BCUT2D eigenvalue weighted by atomic mass is 35.5. The van der Waals surface area contributed by atoms with Crippen molar-refractivity contribution in [2.45, 2.75) is 11.2 Å². The maximum atomic E-state index is 13.2. The molecule has 0 aromatic heterocycles. The molecule has 0 radical (unpaired) electrons. The van der Waals surface area contributed by atoms with Crippen LogP contribution in [0.2, 0.25) is 0 Å². The number of aliphatic imine (C=N–C) groups is 2. The molecule has 2 rings (SSSR count). The van der Waals surface area contributed by atoms with Crippen molar-refractivity contribution in [1.29, 1.82) is 0 Å². The van der Waals surface area contributed by atoms with E-state index in [9.17, 15) is 13.2 Å². The quantitative estimate of drug-likeness (QED) is 0.426. The van der Waals surface area contributed by atoms with Gasteiger partial charge in [-0.1, -0.05) is 60.1 Å². The summed E-state index contributed by atoms with van der Waals surface area (Å²) in [6.07, 6.45) is -4.77. The molecule has 1 unspecified atom stereocenters. The summed E-state index contributed by atoms with van der Waals surface area (Å²) in [6.45, 7) is 0. The molecule has 0 aliphatic carbocycles. The zero-order valence-corrected chi connectivity index (χ0v) is 11.4. The molecule has 0 spiro atoms. The zero-order valence-electron chi connectivity index (χ0n) is 10.7. The van der Waals surface area contributed by atoms with E-state index in [4.69, 9.17) is 11.6 Å². The monoisotopic (exact) mass is 310 g/mol. The smallest absolute Gasteiger partial charge is 0.188 e. The summed E-state index contributed by atoms with van der Waals surface area (Å²) in [5.74, 6) is 0. The first-order valence-electron chi connectivity index (χ1n) is 5.97. The number of hydrogen-bond acceptors (Lipinski definition) is 2. The second kappa shape index (κ2) is 6.12. The standard InChI is InChI=1S/C15H10ClF3N2/c16-14(15(17,18)19,12-7-3-1-4-8-12)21-11-20-13-9-5-2-6-10-13/h1-10H. The summed E-state index contributed by atoms with van der Waals surface area (Å²) < 4.78 is 39.6. The molecule has 0 fully saturated rings. The summed E-state index contributed by atoms with van der Waals surface area (Å²) in [5, 5.41) is 0. The van der Waals surface area contributed by atoms with Gasteiger partial charge in [0.1, 0.15) is 0 Å². The number of alkyl halides is 4. The number of rotatable bonds is 3. The topological polar surface area (TPSA) is 24.7 Å². The third kappa shape index (κ3) is 3.51. The summed E-state index contributed by atoms with van der Waals surface area (Å²) in [6, 6.07) is 17.5. The molecule has 1 atom stereocenters. The van der Waals surface area contributed by atoms with E-state index in [1.54, 1.807) is 36.4 Å². The Morgan fingerprint density at radius 3 is 1.90 bits per heavy atom. The minimum atomic E-state index is -4.77. The van der Waals surface area contributed by atoms with E-state index in [1.807, 2.05) is 6.01 Å². The van der Waals surface area contributed by atoms with Gasteiger partial charge in [0.05, 0.1) is 11.7 Å². The fraction of sp³-hybridized carbons (Fsp3) is 0.133. The van der Waals surface area contributed by atoms with Gasteiger partial charge in [-0.05, 0) is 12.1 Å². The lowest BCUT2D eigenvalue weighted by Gasteiger charge is -2.24. The largest absolute Gasteiger partial charge is 0.432 e. The van der Waals surface area contributed by atoms with E-state index < -0.39 is 11.2 Å².